The molecule has 0 aromatic heterocycles. The molecule has 0 unspecified atom stereocenters. The van der Waals surface area contributed by atoms with Crippen LogP contribution in [0.2, 0.25) is 5.02 Å². The van der Waals surface area contributed by atoms with E-state index in [2.05, 4.69) is 6.07 Å². The summed E-state index contributed by atoms with van der Waals surface area (Å²) in [5.41, 5.74) is 7.89. The third-order valence-corrected chi connectivity index (χ3v) is 5.28. The molecule has 0 saturated carbocycles. The Morgan fingerprint density at radius 3 is 2.62 bits per heavy atom. The maximum Gasteiger partial charge on any atom is 0.224 e. The molecule has 26 heavy (non-hydrogen) atoms. The molecule has 0 aliphatic carbocycles. The summed E-state index contributed by atoms with van der Waals surface area (Å²) in [6, 6.07) is 14.2. The Bertz CT molecular complexity index is 759. The lowest BCUT2D eigenvalue weighted by atomic mass is 9.89. The summed E-state index contributed by atoms with van der Waals surface area (Å²) in [5, 5.41) is 0.750. The maximum atomic E-state index is 13.7. The van der Waals surface area contributed by atoms with Gasteiger partial charge in [0.25, 0.3) is 0 Å². The lowest BCUT2D eigenvalue weighted by Gasteiger charge is -2.33. The first kappa shape index (κ1) is 18.9. The smallest absolute Gasteiger partial charge is 0.224 e. The van der Waals surface area contributed by atoms with E-state index in [4.69, 9.17) is 17.3 Å². The normalized spacial score (nSPS) is 16.5. The number of amides is 1. The number of halogens is 2. The van der Waals surface area contributed by atoms with Crippen molar-refractivity contribution in [3.05, 3.63) is 70.5 Å². The second kappa shape index (κ2) is 8.65. The van der Waals surface area contributed by atoms with Crippen LogP contribution in [0.5, 0.6) is 0 Å². The van der Waals surface area contributed by atoms with Gasteiger partial charge in [0.2, 0.25) is 5.91 Å². The van der Waals surface area contributed by atoms with Crippen LogP contribution in [0.15, 0.2) is 48.5 Å². The standard InChI is InChI=1S/C21H24ClFN2O/c22-18-6-3-5-16(12-18)15-8-10-25(11-9-15)21(26)14-19(24)13-17-4-1-2-7-20(17)23/h1-7,12,15,19H,8-11,13-14,24H2/t19-/m1/s1. The highest BCUT2D eigenvalue weighted by molar-refractivity contribution is 6.30. The van der Waals surface area contributed by atoms with Crippen molar-refractivity contribution in [3.63, 3.8) is 0 Å². The van der Waals surface area contributed by atoms with Gasteiger partial charge >= 0.3 is 0 Å². The summed E-state index contributed by atoms with van der Waals surface area (Å²) in [6.07, 6.45) is 2.47. The van der Waals surface area contributed by atoms with Crippen LogP contribution in [0.25, 0.3) is 0 Å². The van der Waals surface area contributed by atoms with E-state index >= 15 is 0 Å². The van der Waals surface area contributed by atoms with Crippen LogP contribution < -0.4 is 5.73 Å². The molecule has 1 aliphatic heterocycles. The number of rotatable bonds is 5. The lowest BCUT2D eigenvalue weighted by Crippen LogP contribution is -2.41. The molecule has 2 aromatic rings. The minimum absolute atomic E-state index is 0.0541. The van der Waals surface area contributed by atoms with Crippen molar-refractivity contribution in [2.45, 2.75) is 37.6 Å². The number of likely N-dealkylation sites (tertiary alicyclic amines) is 1. The number of nitrogens with two attached hydrogens (primary N) is 1. The molecule has 1 amide bonds. The van der Waals surface area contributed by atoms with Gasteiger partial charge in [0, 0.05) is 30.6 Å². The quantitative estimate of drug-likeness (QED) is 0.854. The van der Waals surface area contributed by atoms with Crippen LogP contribution in [-0.4, -0.2) is 29.9 Å². The third kappa shape index (κ3) is 4.83. The molecule has 2 N–H and O–H groups in total. The summed E-state index contributed by atoms with van der Waals surface area (Å²) in [6.45, 7) is 1.45. The third-order valence-electron chi connectivity index (χ3n) is 5.04. The lowest BCUT2D eigenvalue weighted by molar-refractivity contribution is -0.132. The number of hydrogen-bond acceptors (Lipinski definition) is 2. The van der Waals surface area contributed by atoms with Crippen LogP contribution in [-0.2, 0) is 11.2 Å². The highest BCUT2D eigenvalue weighted by atomic mass is 35.5. The Balaban J connectivity index is 1.50. The molecule has 138 valence electrons. The van der Waals surface area contributed by atoms with Gasteiger partial charge in [-0.15, -0.1) is 0 Å². The van der Waals surface area contributed by atoms with E-state index in [0.717, 1.165) is 31.0 Å². The molecule has 1 aliphatic rings. The predicted octanol–water partition coefficient (Wildman–Crippen LogP) is 4.15. The minimum Gasteiger partial charge on any atom is -0.343 e. The maximum absolute atomic E-state index is 13.7. The number of benzene rings is 2. The Morgan fingerprint density at radius 2 is 1.92 bits per heavy atom. The summed E-state index contributed by atoms with van der Waals surface area (Å²) >= 11 is 6.07. The molecule has 0 bridgehead atoms. The van der Waals surface area contributed by atoms with Gasteiger partial charge < -0.3 is 10.6 Å². The van der Waals surface area contributed by atoms with Crippen LogP contribution in [0.1, 0.15) is 36.3 Å². The molecule has 1 fully saturated rings. The average Bonchev–Trinajstić information content (AvgIpc) is 2.64. The van der Waals surface area contributed by atoms with Gasteiger partial charge in [-0.1, -0.05) is 41.9 Å². The van der Waals surface area contributed by atoms with Crippen LogP contribution in [0, 0.1) is 5.82 Å². The van der Waals surface area contributed by atoms with E-state index in [1.165, 1.54) is 11.6 Å². The van der Waals surface area contributed by atoms with E-state index in [9.17, 15) is 9.18 Å². The molecule has 1 heterocycles. The first-order valence-electron chi connectivity index (χ1n) is 9.05. The Morgan fingerprint density at radius 1 is 1.19 bits per heavy atom. The number of carbonyl (C=O) groups excluding carboxylic acids is 1. The highest BCUT2D eigenvalue weighted by Gasteiger charge is 2.25. The molecule has 1 saturated heterocycles. The van der Waals surface area contributed by atoms with Crippen LogP contribution >= 0.6 is 11.6 Å². The number of piperidine rings is 1. The molecule has 3 nitrogen and oxygen atoms in total. The summed E-state index contributed by atoms with van der Waals surface area (Å²) < 4.78 is 13.7. The average molecular weight is 375 g/mol. The van der Waals surface area contributed by atoms with E-state index < -0.39 is 0 Å². The summed E-state index contributed by atoms with van der Waals surface area (Å²) in [5.74, 6) is 0.223. The largest absolute Gasteiger partial charge is 0.343 e. The summed E-state index contributed by atoms with van der Waals surface area (Å²) in [4.78, 5) is 14.4. The number of nitrogens with zero attached hydrogens (tertiary/aromatic N) is 1. The minimum atomic E-state index is -0.370. The topological polar surface area (TPSA) is 46.3 Å². The van der Waals surface area contributed by atoms with Gasteiger partial charge in [-0.3, -0.25) is 4.79 Å². The van der Waals surface area contributed by atoms with Gasteiger partial charge in [-0.05, 0) is 54.5 Å². The SMILES string of the molecule is N[C@@H](CC(=O)N1CCC(c2cccc(Cl)c2)CC1)Cc1ccccc1F. The fraction of sp³-hybridized carbons (Fsp3) is 0.381. The zero-order chi connectivity index (χ0) is 18.5. The second-order valence-electron chi connectivity index (χ2n) is 6.97. The van der Waals surface area contributed by atoms with E-state index in [1.54, 1.807) is 18.2 Å². The van der Waals surface area contributed by atoms with Gasteiger partial charge in [-0.2, -0.15) is 0 Å². The predicted molar refractivity (Wildman–Crippen MR) is 103 cm³/mol. The van der Waals surface area contributed by atoms with Crippen molar-refractivity contribution in [1.82, 2.24) is 4.90 Å². The highest BCUT2D eigenvalue weighted by Crippen LogP contribution is 2.29. The van der Waals surface area contributed by atoms with Gasteiger partial charge in [0.1, 0.15) is 5.82 Å². The van der Waals surface area contributed by atoms with Gasteiger partial charge in [0.15, 0.2) is 0 Å². The Kier molecular flexibility index (Phi) is 6.28. The van der Waals surface area contributed by atoms with Crippen LogP contribution in [0.3, 0.4) is 0 Å². The fourth-order valence-corrected chi connectivity index (χ4v) is 3.79. The number of carbonyl (C=O) groups is 1. The van der Waals surface area contributed by atoms with Crippen molar-refractivity contribution < 1.29 is 9.18 Å². The van der Waals surface area contributed by atoms with E-state index in [1.807, 2.05) is 23.1 Å². The van der Waals surface area contributed by atoms with Gasteiger partial charge in [-0.25, -0.2) is 4.39 Å². The van der Waals surface area contributed by atoms with Crippen molar-refractivity contribution >= 4 is 17.5 Å². The van der Waals surface area contributed by atoms with E-state index in [-0.39, 0.29) is 24.2 Å². The molecule has 3 rings (SSSR count). The van der Waals surface area contributed by atoms with Crippen molar-refractivity contribution in [3.8, 4) is 0 Å². The van der Waals surface area contributed by atoms with Crippen molar-refractivity contribution in [2.75, 3.05) is 13.1 Å². The second-order valence-corrected chi connectivity index (χ2v) is 7.41. The monoisotopic (exact) mass is 374 g/mol. The molecular formula is C21H24ClFN2O. The van der Waals surface area contributed by atoms with Gasteiger partial charge in [0.05, 0.1) is 0 Å². The molecule has 5 heteroatoms. The molecule has 0 spiro atoms. The van der Waals surface area contributed by atoms with Crippen molar-refractivity contribution in [2.24, 2.45) is 5.73 Å². The molecule has 1 atom stereocenters. The summed E-state index contributed by atoms with van der Waals surface area (Å²) in [7, 11) is 0. The first-order chi connectivity index (χ1) is 12.5. The first-order valence-corrected chi connectivity index (χ1v) is 9.43. The van der Waals surface area contributed by atoms with E-state index in [0.29, 0.717) is 17.9 Å². The fourth-order valence-electron chi connectivity index (χ4n) is 3.59. The Hall–Kier alpha value is -1.91. The van der Waals surface area contributed by atoms with Crippen molar-refractivity contribution in [1.29, 1.82) is 0 Å². The van der Waals surface area contributed by atoms with Crippen LogP contribution in [0.4, 0.5) is 4.39 Å². The Labute approximate surface area is 158 Å². The molecule has 2 aromatic carbocycles. The zero-order valence-electron chi connectivity index (χ0n) is 14.7. The molecule has 0 radical (unpaired) electrons. The number of hydrogen-bond donors (Lipinski definition) is 1. The molecular weight excluding hydrogens is 351 g/mol. The zero-order valence-corrected chi connectivity index (χ0v) is 15.5.